The maximum atomic E-state index is 9.59. The normalized spacial score (nSPS) is 12.5. The summed E-state index contributed by atoms with van der Waals surface area (Å²) < 4.78 is 4.11. The van der Waals surface area contributed by atoms with E-state index in [9.17, 15) is 4.79 Å². The summed E-state index contributed by atoms with van der Waals surface area (Å²) in [5.41, 5.74) is 0. The molecule has 0 amide bonds. The predicted molar refractivity (Wildman–Crippen MR) is 48.4 cm³/mol. The molecule has 16 heavy (non-hydrogen) atoms. The molecule has 0 aromatic heterocycles. The number of esters is 1. The first-order valence-corrected chi connectivity index (χ1v) is 4.54. The van der Waals surface area contributed by atoms with Gasteiger partial charge in [0, 0.05) is 0 Å². The highest BCUT2D eigenvalue weighted by Gasteiger charge is 1.99. The summed E-state index contributed by atoms with van der Waals surface area (Å²) in [5.74, 6) is -0.245. The second kappa shape index (κ2) is 12.0. The zero-order valence-electron chi connectivity index (χ0n) is 8.53. The van der Waals surface area contributed by atoms with Gasteiger partial charge < -0.3 is 4.74 Å². The van der Waals surface area contributed by atoms with Crippen molar-refractivity contribution in [3.05, 3.63) is 12.3 Å². The third-order valence-electron chi connectivity index (χ3n) is 1.45. The van der Waals surface area contributed by atoms with E-state index in [0.717, 1.165) is 19.3 Å². The monoisotopic (exact) mass is 238 g/mol. The number of carbonyl (C=O) groups is 1. The zero-order valence-corrected chi connectivity index (χ0v) is 8.53. The largest absolute Gasteiger partial charge is 0.431 e. The number of hydrogen-bond acceptors (Lipinski definition) is 8. The molecular weight excluding hydrogens is 224 g/mol. The predicted octanol–water partition coefficient (Wildman–Crippen LogP) is 1.06. The van der Waals surface area contributed by atoms with Gasteiger partial charge in [0.15, 0.2) is 0 Å². The van der Waals surface area contributed by atoms with Gasteiger partial charge in [-0.1, -0.05) is 10.1 Å². The summed E-state index contributed by atoms with van der Waals surface area (Å²) in [4.78, 5) is 17.9. The van der Waals surface area contributed by atoms with Gasteiger partial charge in [0.25, 0.3) is 0 Å². The van der Waals surface area contributed by atoms with Crippen molar-refractivity contribution >= 4 is 5.97 Å². The lowest BCUT2D eigenvalue weighted by molar-refractivity contribution is -0.492. The van der Waals surface area contributed by atoms with Gasteiger partial charge in [0.05, 0.1) is 19.3 Å². The number of cyclic esters (lactones) is 1. The molecule has 1 heterocycles. The Morgan fingerprint density at radius 1 is 1.06 bits per heavy atom. The van der Waals surface area contributed by atoms with Crippen LogP contribution in [0, 0.1) is 0 Å². The van der Waals surface area contributed by atoms with Crippen LogP contribution in [0.3, 0.4) is 0 Å². The minimum Gasteiger partial charge on any atom is -0.431 e. The smallest absolute Gasteiger partial charge is 0.338 e. The maximum absolute atomic E-state index is 9.59. The zero-order chi connectivity index (χ0) is 12.1. The molecule has 0 aliphatic carbocycles. The van der Waals surface area contributed by atoms with E-state index in [-0.39, 0.29) is 5.97 Å². The van der Waals surface area contributed by atoms with E-state index in [1.807, 2.05) is 0 Å². The first-order chi connectivity index (χ1) is 7.81. The molecule has 0 saturated carbocycles. The summed E-state index contributed by atoms with van der Waals surface area (Å²) in [6.07, 6.45) is 5.04. The lowest BCUT2D eigenvalue weighted by Crippen LogP contribution is -2.01. The highest BCUT2D eigenvalue weighted by Crippen LogP contribution is 1.96. The van der Waals surface area contributed by atoms with E-state index in [1.54, 1.807) is 0 Å². The molecule has 0 saturated heterocycles. The fraction of sp³-hybridized carbons (Fsp3) is 0.625. The molecule has 8 nitrogen and oxygen atoms in total. The second-order valence-electron chi connectivity index (χ2n) is 2.59. The molecule has 0 aromatic carbocycles. The molecule has 1 aliphatic rings. The van der Waals surface area contributed by atoms with Gasteiger partial charge in [-0.05, 0) is 19.3 Å². The molecule has 8 heteroatoms. The van der Waals surface area contributed by atoms with Crippen molar-refractivity contribution in [2.24, 2.45) is 0 Å². The van der Waals surface area contributed by atoms with Crippen LogP contribution in [0.25, 0.3) is 0 Å². The summed E-state index contributed by atoms with van der Waals surface area (Å²) in [7, 11) is 0. The van der Waals surface area contributed by atoms with Crippen LogP contribution in [0.2, 0.25) is 0 Å². The van der Waals surface area contributed by atoms with E-state index in [0.29, 0.717) is 13.2 Å². The maximum Gasteiger partial charge on any atom is 0.338 e. The molecule has 0 aromatic rings. The molecule has 94 valence electrons. The van der Waals surface area contributed by atoms with Crippen molar-refractivity contribution in [2.75, 3.05) is 13.2 Å². The lowest BCUT2D eigenvalue weighted by Gasteiger charge is -1.98. The molecule has 2 N–H and O–H groups in total. The Labute approximate surface area is 91.6 Å². The van der Waals surface area contributed by atoms with Crippen molar-refractivity contribution in [3.8, 4) is 0 Å². The van der Waals surface area contributed by atoms with Gasteiger partial charge >= 0.3 is 5.97 Å². The van der Waals surface area contributed by atoms with Gasteiger partial charge in [0.1, 0.15) is 6.26 Å². The average molecular weight is 238 g/mol. The topological polar surface area (TPSA) is 104 Å². The number of hydrogen-bond donors (Lipinski definition) is 2. The van der Waals surface area contributed by atoms with Gasteiger partial charge in [0.2, 0.25) is 0 Å². The highest BCUT2D eigenvalue weighted by molar-refractivity contribution is 5.86. The van der Waals surface area contributed by atoms with Crippen LogP contribution >= 0.6 is 0 Å². The number of carbonyl (C=O) groups excluding carboxylic acids is 1. The van der Waals surface area contributed by atoms with Crippen LogP contribution in [-0.4, -0.2) is 29.7 Å². The highest BCUT2D eigenvalue weighted by atomic mass is 17.5. The second-order valence-corrected chi connectivity index (χ2v) is 2.59. The Morgan fingerprint density at radius 2 is 1.50 bits per heavy atom. The summed E-state index contributed by atoms with van der Waals surface area (Å²) >= 11 is 0. The van der Waals surface area contributed by atoms with Crippen LogP contribution < -0.4 is 0 Å². The molecule has 0 fully saturated rings. The van der Waals surface area contributed by atoms with Crippen molar-refractivity contribution in [2.45, 2.75) is 19.3 Å². The van der Waals surface area contributed by atoms with Crippen LogP contribution in [-0.2, 0) is 29.4 Å². The molecule has 0 radical (unpaired) electrons. The minimum atomic E-state index is -0.245. The van der Waals surface area contributed by atoms with E-state index in [1.165, 1.54) is 12.3 Å². The quantitative estimate of drug-likeness (QED) is 0.280. The van der Waals surface area contributed by atoms with E-state index in [4.69, 9.17) is 10.5 Å². The van der Waals surface area contributed by atoms with Gasteiger partial charge in [-0.2, -0.15) is 0 Å². The van der Waals surface area contributed by atoms with E-state index >= 15 is 0 Å². The van der Waals surface area contributed by atoms with Gasteiger partial charge in [-0.25, -0.2) is 25.1 Å². The van der Waals surface area contributed by atoms with Gasteiger partial charge in [-0.3, -0.25) is 0 Å². The minimum absolute atomic E-state index is 0.245. The lowest BCUT2D eigenvalue weighted by atomic mass is 10.2. The number of unbranched alkanes of at least 4 members (excludes halogenated alkanes) is 2. The molecule has 0 unspecified atom stereocenters. The Balaban J connectivity index is 0.000000368. The molecule has 0 bridgehead atoms. The molecule has 0 atom stereocenters. The van der Waals surface area contributed by atoms with Crippen LogP contribution in [0.1, 0.15) is 19.3 Å². The molecular formula is C8H14O8. The molecule has 1 aliphatic heterocycles. The first kappa shape index (κ1) is 15.0. The summed E-state index contributed by atoms with van der Waals surface area (Å²) in [6.45, 7) is 0.660. The van der Waals surface area contributed by atoms with Gasteiger partial charge in [-0.15, -0.1) is 0 Å². The fourth-order valence-corrected chi connectivity index (χ4v) is 0.697. The average Bonchev–Trinajstić information content (AvgIpc) is 2.26. The Bertz CT molecular complexity index is 184. The SMILES string of the molecule is O=C1C=CO1.OOOCCCCCOOO. The summed E-state index contributed by atoms with van der Waals surface area (Å²) in [5, 5.41) is 22.2. The van der Waals surface area contributed by atoms with E-state index in [2.05, 4.69) is 24.6 Å². The standard InChI is InChI=1S/C5H12O6.C3H2O2/c6-10-8-4-2-1-3-5-9-11-7;4-3-1-2-5-3/h6-7H,1-5H2;1-2H. The third kappa shape index (κ3) is 11.0. The first-order valence-electron chi connectivity index (χ1n) is 4.54. The van der Waals surface area contributed by atoms with Crippen LogP contribution in [0.4, 0.5) is 0 Å². The van der Waals surface area contributed by atoms with Crippen LogP contribution in [0.15, 0.2) is 12.3 Å². The Morgan fingerprint density at radius 3 is 1.75 bits per heavy atom. The fourth-order valence-electron chi connectivity index (χ4n) is 0.697. The van der Waals surface area contributed by atoms with Crippen molar-refractivity contribution in [1.29, 1.82) is 0 Å². The van der Waals surface area contributed by atoms with Crippen LogP contribution in [0.5, 0.6) is 0 Å². The van der Waals surface area contributed by atoms with Crippen molar-refractivity contribution < 1.29 is 39.9 Å². The van der Waals surface area contributed by atoms with E-state index < -0.39 is 0 Å². The number of ether oxygens (including phenoxy) is 1. The van der Waals surface area contributed by atoms with Crippen molar-refractivity contribution in [3.63, 3.8) is 0 Å². The number of rotatable bonds is 8. The Hall–Kier alpha value is -1.03. The van der Waals surface area contributed by atoms with Crippen molar-refractivity contribution in [1.82, 2.24) is 0 Å². The third-order valence-corrected chi connectivity index (χ3v) is 1.45. The molecule has 0 spiro atoms. The Kier molecular flexibility index (Phi) is 11.3. The molecule has 1 rings (SSSR count). The summed E-state index contributed by atoms with van der Waals surface area (Å²) in [6, 6.07) is 0.